The van der Waals surface area contributed by atoms with Crippen LogP contribution in [-0.2, 0) is 0 Å². The second-order valence-electron chi connectivity index (χ2n) is 7.01. The van der Waals surface area contributed by atoms with Crippen molar-refractivity contribution in [1.29, 1.82) is 0 Å². The first-order valence-corrected chi connectivity index (χ1v) is 8.01. The fourth-order valence-corrected chi connectivity index (χ4v) is 4.11. The average molecular weight is 253 g/mol. The highest BCUT2D eigenvalue weighted by Crippen LogP contribution is 2.36. The molecule has 2 fully saturated rings. The normalized spacial score (nSPS) is 36.5. The minimum absolute atomic E-state index is 0.190. The Morgan fingerprint density at radius 2 is 1.61 bits per heavy atom. The van der Waals surface area contributed by atoms with Gasteiger partial charge in [-0.05, 0) is 37.5 Å². The Bertz CT molecular complexity index is 237. The first-order valence-electron chi connectivity index (χ1n) is 8.01. The van der Waals surface area contributed by atoms with Gasteiger partial charge in [0.15, 0.2) is 0 Å². The van der Waals surface area contributed by atoms with Crippen LogP contribution in [0.3, 0.4) is 0 Å². The standard InChI is InChI=1S/C16H31NO/c1-13-7-6-8-14(2)15(13)17-11-16(12-18)9-4-3-5-10-16/h13-15,17-18H,3-12H2,1-2H3. The van der Waals surface area contributed by atoms with Crippen LogP contribution in [0.4, 0.5) is 0 Å². The second-order valence-corrected chi connectivity index (χ2v) is 7.01. The van der Waals surface area contributed by atoms with E-state index < -0.39 is 0 Å². The Kier molecular flexibility index (Phi) is 5.08. The minimum Gasteiger partial charge on any atom is -0.396 e. The summed E-state index contributed by atoms with van der Waals surface area (Å²) in [5, 5.41) is 13.6. The maximum Gasteiger partial charge on any atom is 0.0499 e. The van der Waals surface area contributed by atoms with E-state index in [1.165, 1.54) is 51.4 Å². The molecule has 0 bridgehead atoms. The number of rotatable bonds is 4. The van der Waals surface area contributed by atoms with E-state index in [-0.39, 0.29) is 5.41 Å². The van der Waals surface area contributed by atoms with Crippen LogP contribution in [-0.4, -0.2) is 24.3 Å². The highest BCUT2D eigenvalue weighted by atomic mass is 16.3. The fraction of sp³-hybridized carbons (Fsp3) is 1.00. The van der Waals surface area contributed by atoms with Gasteiger partial charge in [0.05, 0.1) is 0 Å². The van der Waals surface area contributed by atoms with E-state index in [4.69, 9.17) is 0 Å². The maximum absolute atomic E-state index is 9.76. The number of nitrogens with one attached hydrogen (secondary N) is 1. The van der Waals surface area contributed by atoms with E-state index in [1.807, 2.05) is 0 Å². The molecule has 0 heterocycles. The Labute approximate surface area is 113 Å². The molecule has 0 aliphatic heterocycles. The Morgan fingerprint density at radius 1 is 1.00 bits per heavy atom. The summed E-state index contributed by atoms with van der Waals surface area (Å²) >= 11 is 0. The summed E-state index contributed by atoms with van der Waals surface area (Å²) in [4.78, 5) is 0. The molecule has 2 atom stereocenters. The molecular formula is C16H31NO. The van der Waals surface area contributed by atoms with Crippen molar-refractivity contribution < 1.29 is 5.11 Å². The molecular weight excluding hydrogens is 222 g/mol. The third-order valence-electron chi connectivity index (χ3n) is 5.51. The molecule has 0 aromatic carbocycles. The maximum atomic E-state index is 9.76. The molecule has 2 saturated carbocycles. The van der Waals surface area contributed by atoms with E-state index in [9.17, 15) is 5.11 Å². The molecule has 0 radical (unpaired) electrons. The zero-order valence-electron chi connectivity index (χ0n) is 12.3. The molecule has 0 aromatic rings. The molecule has 0 aromatic heterocycles. The van der Waals surface area contributed by atoms with Crippen LogP contribution in [0.1, 0.15) is 65.2 Å². The van der Waals surface area contributed by atoms with E-state index in [2.05, 4.69) is 19.2 Å². The average Bonchev–Trinajstić information content (AvgIpc) is 2.39. The summed E-state index contributed by atoms with van der Waals surface area (Å²) in [6, 6.07) is 0.670. The molecule has 2 aliphatic rings. The summed E-state index contributed by atoms with van der Waals surface area (Å²) in [6.45, 7) is 6.18. The highest BCUT2D eigenvalue weighted by molar-refractivity contribution is 4.89. The lowest BCUT2D eigenvalue weighted by atomic mass is 9.73. The second kappa shape index (κ2) is 6.38. The molecule has 0 saturated heterocycles. The number of hydrogen-bond donors (Lipinski definition) is 2. The van der Waals surface area contributed by atoms with Gasteiger partial charge >= 0.3 is 0 Å². The van der Waals surface area contributed by atoms with Gasteiger partial charge in [0, 0.05) is 24.6 Å². The van der Waals surface area contributed by atoms with Crippen molar-refractivity contribution in [2.24, 2.45) is 17.3 Å². The van der Waals surface area contributed by atoms with Crippen molar-refractivity contribution in [3.8, 4) is 0 Å². The van der Waals surface area contributed by atoms with Crippen molar-refractivity contribution in [1.82, 2.24) is 5.32 Å². The highest BCUT2D eigenvalue weighted by Gasteiger charge is 2.34. The number of aliphatic hydroxyl groups excluding tert-OH is 1. The quantitative estimate of drug-likeness (QED) is 0.805. The van der Waals surface area contributed by atoms with E-state index >= 15 is 0 Å². The third kappa shape index (κ3) is 3.27. The van der Waals surface area contributed by atoms with Crippen LogP contribution >= 0.6 is 0 Å². The summed E-state index contributed by atoms with van der Waals surface area (Å²) in [5.41, 5.74) is 0.190. The molecule has 2 heteroatoms. The number of hydrogen-bond acceptors (Lipinski definition) is 2. The predicted octanol–water partition coefficient (Wildman–Crippen LogP) is 3.34. The first kappa shape index (κ1) is 14.3. The van der Waals surface area contributed by atoms with Gasteiger partial charge in [0.2, 0.25) is 0 Å². The molecule has 2 aliphatic carbocycles. The van der Waals surface area contributed by atoms with E-state index in [0.717, 1.165) is 18.4 Å². The van der Waals surface area contributed by atoms with Gasteiger partial charge in [0.1, 0.15) is 0 Å². The van der Waals surface area contributed by atoms with Crippen molar-refractivity contribution >= 4 is 0 Å². The lowest BCUT2D eigenvalue weighted by Gasteiger charge is -2.41. The van der Waals surface area contributed by atoms with Crippen molar-refractivity contribution in [2.45, 2.75) is 71.3 Å². The van der Waals surface area contributed by atoms with E-state index in [1.54, 1.807) is 0 Å². The van der Waals surface area contributed by atoms with Crippen LogP contribution in [0.2, 0.25) is 0 Å². The number of aliphatic hydroxyl groups is 1. The summed E-state index contributed by atoms with van der Waals surface area (Å²) in [6.07, 6.45) is 10.5. The molecule has 2 N–H and O–H groups in total. The van der Waals surface area contributed by atoms with Gasteiger partial charge in [-0.25, -0.2) is 0 Å². The topological polar surface area (TPSA) is 32.3 Å². The van der Waals surface area contributed by atoms with Crippen LogP contribution < -0.4 is 5.32 Å². The Morgan fingerprint density at radius 3 is 2.17 bits per heavy atom. The Hall–Kier alpha value is -0.0800. The van der Waals surface area contributed by atoms with Crippen LogP contribution in [0.25, 0.3) is 0 Å². The summed E-state index contributed by atoms with van der Waals surface area (Å²) in [7, 11) is 0. The molecule has 106 valence electrons. The van der Waals surface area contributed by atoms with Crippen LogP contribution in [0, 0.1) is 17.3 Å². The van der Waals surface area contributed by atoms with Gasteiger partial charge in [-0.3, -0.25) is 0 Å². The van der Waals surface area contributed by atoms with Gasteiger partial charge in [-0.2, -0.15) is 0 Å². The van der Waals surface area contributed by atoms with Crippen molar-refractivity contribution in [2.75, 3.05) is 13.2 Å². The van der Waals surface area contributed by atoms with Gasteiger partial charge < -0.3 is 10.4 Å². The zero-order valence-corrected chi connectivity index (χ0v) is 12.3. The lowest BCUT2D eigenvalue weighted by molar-refractivity contribution is 0.0686. The summed E-state index contributed by atoms with van der Waals surface area (Å²) < 4.78 is 0. The summed E-state index contributed by atoms with van der Waals surface area (Å²) in [5.74, 6) is 1.60. The van der Waals surface area contributed by atoms with Crippen LogP contribution in [0.15, 0.2) is 0 Å². The van der Waals surface area contributed by atoms with Gasteiger partial charge in [-0.15, -0.1) is 0 Å². The van der Waals surface area contributed by atoms with Crippen molar-refractivity contribution in [3.63, 3.8) is 0 Å². The van der Waals surface area contributed by atoms with Crippen molar-refractivity contribution in [3.05, 3.63) is 0 Å². The fourth-order valence-electron chi connectivity index (χ4n) is 4.11. The first-order chi connectivity index (χ1) is 8.67. The third-order valence-corrected chi connectivity index (χ3v) is 5.51. The molecule has 0 amide bonds. The molecule has 2 nitrogen and oxygen atoms in total. The smallest absolute Gasteiger partial charge is 0.0499 e. The molecule has 0 spiro atoms. The van der Waals surface area contributed by atoms with Gasteiger partial charge in [-0.1, -0.05) is 39.5 Å². The minimum atomic E-state index is 0.190. The molecule has 2 unspecified atom stereocenters. The molecule has 18 heavy (non-hydrogen) atoms. The SMILES string of the molecule is CC1CCCC(C)C1NCC1(CO)CCCCC1. The predicted molar refractivity (Wildman–Crippen MR) is 76.6 cm³/mol. The zero-order chi connectivity index (χ0) is 13.0. The monoisotopic (exact) mass is 253 g/mol. The molecule has 2 rings (SSSR count). The van der Waals surface area contributed by atoms with Gasteiger partial charge in [0.25, 0.3) is 0 Å². The van der Waals surface area contributed by atoms with E-state index in [0.29, 0.717) is 12.6 Å². The Balaban J connectivity index is 1.88. The van der Waals surface area contributed by atoms with Crippen LogP contribution in [0.5, 0.6) is 0 Å². The lowest BCUT2D eigenvalue weighted by Crippen LogP contribution is -2.49. The largest absolute Gasteiger partial charge is 0.396 e.